The fourth-order valence-corrected chi connectivity index (χ4v) is 2.40. The minimum Gasteiger partial charge on any atom is -0.292 e. The van der Waals surface area contributed by atoms with E-state index in [4.69, 9.17) is 23.2 Å². The number of halogens is 3. The standard InChI is InChI=1S/C13H8BrCl2NO/c14-9-4-2-6-17-13(9)11(18)7-8-3-1-5-10(15)12(8)16/h1-6H,7H2. The number of carbonyl (C=O) groups is 1. The van der Waals surface area contributed by atoms with Gasteiger partial charge in [-0.05, 0) is 39.7 Å². The smallest absolute Gasteiger partial charge is 0.186 e. The highest BCUT2D eigenvalue weighted by molar-refractivity contribution is 9.10. The Hall–Kier alpha value is -0.900. The average molecular weight is 345 g/mol. The third-order valence-electron chi connectivity index (χ3n) is 2.41. The van der Waals surface area contributed by atoms with Crippen molar-refractivity contribution in [1.82, 2.24) is 4.98 Å². The minimum absolute atomic E-state index is 0.105. The van der Waals surface area contributed by atoms with Gasteiger partial charge in [0.1, 0.15) is 5.69 Å². The van der Waals surface area contributed by atoms with Crippen LogP contribution in [0, 0.1) is 0 Å². The molecule has 1 aromatic carbocycles. The third-order valence-corrected chi connectivity index (χ3v) is 3.90. The van der Waals surface area contributed by atoms with E-state index in [1.807, 2.05) is 0 Å². The summed E-state index contributed by atoms with van der Waals surface area (Å²) in [4.78, 5) is 16.2. The maximum absolute atomic E-state index is 12.1. The molecule has 5 heteroatoms. The third kappa shape index (κ3) is 2.91. The second-order valence-electron chi connectivity index (χ2n) is 3.65. The maximum atomic E-state index is 12.1. The van der Waals surface area contributed by atoms with Crippen molar-refractivity contribution in [2.24, 2.45) is 0 Å². The van der Waals surface area contributed by atoms with Gasteiger partial charge >= 0.3 is 0 Å². The highest BCUT2D eigenvalue weighted by Gasteiger charge is 2.14. The van der Waals surface area contributed by atoms with E-state index in [0.29, 0.717) is 25.8 Å². The lowest BCUT2D eigenvalue weighted by molar-refractivity contribution is 0.0987. The predicted molar refractivity (Wildman–Crippen MR) is 76.4 cm³/mol. The Morgan fingerprint density at radius 3 is 2.72 bits per heavy atom. The van der Waals surface area contributed by atoms with E-state index in [1.54, 1.807) is 36.5 Å². The monoisotopic (exact) mass is 343 g/mol. The van der Waals surface area contributed by atoms with Crippen LogP contribution in [0.2, 0.25) is 10.0 Å². The van der Waals surface area contributed by atoms with Crippen LogP contribution in [0.15, 0.2) is 41.0 Å². The number of Topliss-reactive ketones (excluding diaryl/α,β-unsaturated/α-hetero) is 1. The fraction of sp³-hybridized carbons (Fsp3) is 0.0769. The Balaban J connectivity index is 2.27. The van der Waals surface area contributed by atoms with Crippen LogP contribution in [-0.2, 0) is 6.42 Å². The molecule has 0 aliphatic carbocycles. The first kappa shape index (κ1) is 13.5. The predicted octanol–water partition coefficient (Wildman–Crippen LogP) is 4.58. The molecular weight excluding hydrogens is 337 g/mol. The largest absolute Gasteiger partial charge is 0.292 e. The van der Waals surface area contributed by atoms with Crippen LogP contribution in [0.3, 0.4) is 0 Å². The summed E-state index contributed by atoms with van der Waals surface area (Å²) in [6.07, 6.45) is 1.76. The number of ketones is 1. The van der Waals surface area contributed by atoms with Gasteiger partial charge in [-0.25, -0.2) is 0 Å². The van der Waals surface area contributed by atoms with Crippen LogP contribution in [-0.4, -0.2) is 10.8 Å². The molecule has 2 rings (SSSR count). The van der Waals surface area contributed by atoms with Crippen molar-refractivity contribution >= 4 is 44.9 Å². The van der Waals surface area contributed by atoms with Gasteiger partial charge in [-0.2, -0.15) is 0 Å². The molecule has 0 saturated heterocycles. The molecule has 0 fully saturated rings. The van der Waals surface area contributed by atoms with E-state index >= 15 is 0 Å². The highest BCUT2D eigenvalue weighted by atomic mass is 79.9. The first-order valence-corrected chi connectivity index (χ1v) is 6.71. The Kier molecular flexibility index (Phi) is 4.38. The van der Waals surface area contributed by atoms with E-state index in [2.05, 4.69) is 20.9 Å². The Bertz CT molecular complexity index is 601. The normalized spacial score (nSPS) is 10.4. The number of rotatable bonds is 3. The Morgan fingerprint density at radius 2 is 2.00 bits per heavy atom. The summed E-state index contributed by atoms with van der Waals surface area (Å²) in [6.45, 7) is 0. The molecule has 2 nitrogen and oxygen atoms in total. The van der Waals surface area contributed by atoms with Crippen molar-refractivity contribution in [1.29, 1.82) is 0 Å². The summed E-state index contributed by atoms with van der Waals surface area (Å²) in [5.41, 5.74) is 1.10. The van der Waals surface area contributed by atoms with Crippen molar-refractivity contribution in [3.8, 4) is 0 Å². The molecule has 92 valence electrons. The minimum atomic E-state index is -0.105. The van der Waals surface area contributed by atoms with E-state index in [1.165, 1.54) is 0 Å². The van der Waals surface area contributed by atoms with Crippen LogP contribution >= 0.6 is 39.1 Å². The quantitative estimate of drug-likeness (QED) is 0.763. The zero-order chi connectivity index (χ0) is 13.1. The van der Waals surface area contributed by atoms with Crippen molar-refractivity contribution in [2.45, 2.75) is 6.42 Å². The molecule has 0 unspecified atom stereocenters. The van der Waals surface area contributed by atoms with Gasteiger partial charge in [0.25, 0.3) is 0 Å². The van der Waals surface area contributed by atoms with E-state index in [-0.39, 0.29) is 12.2 Å². The first-order chi connectivity index (χ1) is 8.59. The molecule has 0 spiro atoms. The summed E-state index contributed by atoms with van der Waals surface area (Å²) in [5, 5.41) is 0.863. The second-order valence-corrected chi connectivity index (χ2v) is 5.29. The summed E-state index contributed by atoms with van der Waals surface area (Å²) >= 11 is 15.3. The van der Waals surface area contributed by atoms with Gasteiger partial charge in [0.15, 0.2) is 5.78 Å². The molecule has 1 aromatic heterocycles. The van der Waals surface area contributed by atoms with Crippen molar-refractivity contribution < 1.29 is 4.79 Å². The van der Waals surface area contributed by atoms with E-state index in [0.717, 1.165) is 0 Å². The zero-order valence-corrected chi connectivity index (χ0v) is 12.3. The molecule has 1 heterocycles. The topological polar surface area (TPSA) is 30.0 Å². The van der Waals surface area contributed by atoms with Gasteiger partial charge in [-0.1, -0.05) is 35.3 Å². The number of nitrogens with zero attached hydrogens (tertiary/aromatic N) is 1. The second kappa shape index (κ2) is 5.83. The Labute approximate surface area is 123 Å². The summed E-state index contributed by atoms with van der Waals surface area (Å²) in [6, 6.07) is 8.77. The summed E-state index contributed by atoms with van der Waals surface area (Å²) < 4.78 is 0.674. The molecule has 0 aliphatic heterocycles. The number of hydrogen-bond acceptors (Lipinski definition) is 2. The number of carbonyl (C=O) groups excluding carboxylic acids is 1. The fourth-order valence-electron chi connectivity index (χ4n) is 1.53. The molecule has 0 aliphatic rings. The van der Waals surface area contributed by atoms with Gasteiger partial charge in [-0.3, -0.25) is 9.78 Å². The summed E-state index contributed by atoms with van der Waals surface area (Å²) in [7, 11) is 0. The van der Waals surface area contributed by atoms with Crippen LogP contribution in [0.25, 0.3) is 0 Å². The van der Waals surface area contributed by atoms with E-state index in [9.17, 15) is 4.79 Å². The lowest BCUT2D eigenvalue weighted by atomic mass is 10.1. The van der Waals surface area contributed by atoms with Crippen molar-refractivity contribution in [3.63, 3.8) is 0 Å². The molecule has 0 radical (unpaired) electrons. The number of hydrogen-bond donors (Lipinski definition) is 0. The van der Waals surface area contributed by atoms with Crippen LogP contribution in [0.4, 0.5) is 0 Å². The molecule has 18 heavy (non-hydrogen) atoms. The van der Waals surface area contributed by atoms with E-state index < -0.39 is 0 Å². The number of pyridine rings is 1. The Morgan fingerprint density at radius 1 is 1.22 bits per heavy atom. The van der Waals surface area contributed by atoms with Gasteiger partial charge in [-0.15, -0.1) is 0 Å². The molecule has 0 atom stereocenters. The zero-order valence-electron chi connectivity index (χ0n) is 9.16. The lowest BCUT2D eigenvalue weighted by Crippen LogP contribution is -2.07. The SMILES string of the molecule is O=C(Cc1cccc(Cl)c1Cl)c1ncccc1Br. The van der Waals surface area contributed by atoms with Gasteiger partial charge in [0.2, 0.25) is 0 Å². The summed E-state index contributed by atoms with van der Waals surface area (Å²) in [5.74, 6) is -0.105. The van der Waals surface area contributed by atoms with Gasteiger partial charge < -0.3 is 0 Å². The molecule has 0 amide bonds. The first-order valence-electron chi connectivity index (χ1n) is 5.16. The lowest BCUT2D eigenvalue weighted by Gasteiger charge is -2.05. The van der Waals surface area contributed by atoms with Gasteiger partial charge in [0, 0.05) is 17.1 Å². The average Bonchev–Trinajstić information content (AvgIpc) is 2.35. The number of benzene rings is 1. The molecule has 0 saturated carbocycles. The van der Waals surface area contributed by atoms with Crippen LogP contribution < -0.4 is 0 Å². The molecule has 0 N–H and O–H groups in total. The van der Waals surface area contributed by atoms with Crippen LogP contribution in [0.5, 0.6) is 0 Å². The number of aromatic nitrogens is 1. The van der Waals surface area contributed by atoms with Crippen LogP contribution in [0.1, 0.15) is 16.1 Å². The molecular formula is C13H8BrCl2NO. The molecule has 2 aromatic rings. The highest BCUT2D eigenvalue weighted by Crippen LogP contribution is 2.27. The van der Waals surface area contributed by atoms with Crippen molar-refractivity contribution in [3.05, 3.63) is 62.3 Å². The molecule has 0 bridgehead atoms. The van der Waals surface area contributed by atoms with Crippen molar-refractivity contribution in [2.75, 3.05) is 0 Å². The maximum Gasteiger partial charge on any atom is 0.186 e. The van der Waals surface area contributed by atoms with Gasteiger partial charge in [0.05, 0.1) is 10.0 Å².